The molecular formula is C26H29ClN2O2. The van der Waals surface area contributed by atoms with Crippen LogP contribution in [0, 0.1) is 5.92 Å². The van der Waals surface area contributed by atoms with Gasteiger partial charge in [-0.3, -0.25) is 0 Å². The van der Waals surface area contributed by atoms with E-state index >= 15 is 0 Å². The second-order valence-corrected chi connectivity index (χ2v) is 10.3. The van der Waals surface area contributed by atoms with E-state index in [2.05, 4.69) is 34.1 Å². The molecule has 1 aromatic heterocycles. The molecule has 2 N–H and O–H groups in total. The second kappa shape index (κ2) is 6.99. The zero-order chi connectivity index (χ0) is 21.2. The SMILES string of the molecule is COc1cccc([C@@]23CCN(CC4CC4)C[C@@]2(O)Cc2c([nH]c4cccc(Cl)c24)C3)c1. The van der Waals surface area contributed by atoms with Crippen LogP contribution in [0.15, 0.2) is 42.5 Å². The van der Waals surface area contributed by atoms with Gasteiger partial charge in [0.05, 0.1) is 17.7 Å². The number of benzene rings is 2. The molecule has 0 radical (unpaired) electrons. The summed E-state index contributed by atoms with van der Waals surface area (Å²) in [6.45, 7) is 2.83. The maximum absolute atomic E-state index is 12.4. The molecule has 1 saturated heterocycles. The largest absolute Gasteiger partial charge is 0.497 e. The molecule has 0 spiro atoms. The third kappa shape index (κ3) is 3.03. The van der Waals surface area contributed by atoms with E-state index in [1.807, 2.05) is 18.2 Å². The Morgan fingerprint density at radius 1 is 1.19 bits per heavy atom. The molecule has 3 aromatic rings. The first-order chi connectivity index (χ1) is 15.0. The summed E-state index contributed by atoms with van der Waals surface area (Å²) in [5.74, 6) is 1.66. The van der Waals surface area contributed by atoms with E-state index in [0.717, 1.165) is 53.5 Å². The minimum absolute atomic E-state index is 0.345. The van der Waals surface area contributed by atoms with Gasteiger partial charge in [0.1, 0.15) is 5.75 Å². The number of nitrogens with one attached hydrogen (secondary N) is 1. The Kier molecular flexibility index (Phi) is 4.44. The summed E-state index contributed by atoms with van der Waals surface area (Å²) in [7, 11) is 1.71. The van der Waals surface area contributed by atoms with Gasteiger partial charge >= 0.3 is 0 Å². The first-order valence-electron chi connectivity index (χ1n) is 11.4. The van der Waals surface area contributed by atoms with Crippen molar-refractivity contribution in [2.75, 3.05) is 26.7 Å². The van der Waals surface area contributed by atoms with E-state index in [9.17, 15) is 5.11 Å². The van der Waals surface area contributed by atoms with Gasteiger partial charge in [0, 0.05) is 47.9 Å². The van der Waals surface area contributed by atoms with Gasteiger partial charge in [-0.15, -0.1) is 0 Å². The number of rotatable bonds is 4. The molecule has 0 bridgehead atoms. The highest BCUT2D eigenvalue weighted by molar-refractivity contribution is 6.35. The van der Waals surface area contributed by atoms with Crippen molar-refractivity contribution in [2.45, 2.75) is 43.1 Å². The molecule has 6 rings (SSSR count). The lowest BCUT2D eigenvalue weighted by atomic mass is 9.56. The molecule has 1 aliphatic heterocycles. The van der Waals surface area contributed by atoms with Crippen molar-refractivity contribution in [3.8, 4) is 5.75 Å². The molecule has 5 heteroatoms. The monoisotopic (exact) mass is 436 g/mol. The maximum atomic E-state index is 12.4. The Labute approximate surface area is 188 Å². The van der Waals surface area contributed by atoms with Crippen molar-refractivity contribution < 1.29 is 9.84 Å². The van der Waals surface area contributed by atoms with Crippen LogP contribution in [0.2, 0.25) is 5.02 Å². The van der Waals surface area contributed by atoms with Crippen LogP contribution < -0.4 is 4.74 Å². The van der Waals surface area contributed by atoms with Crippen LogP contribution in [0.25, 0.3) is 10.9 Å². The standard InChI is InChI=1S/C26H29ClN2O2/c1-31-19-5-2-4-18(12-19)25-10-11-29(15-17-8-9-17)16-26(25,30)13-20-23(14-25)28-22-7-3-6-21(27)24(20)22/h2-7,12,17,28,30H,8-11,13-16H2,1H3/t25-,26-/m0/s1. The van der Waals surface area contributed by atoms with Gasteiger partial charge in [-0.25, -0.2) is 0 Å². The van der Waals surface area contributed by atoms with Crippen LogP contribution in [0.1, 0.15) is 36.1 Å². The zero-order valence-corrected chi connectivity index (χ0v) is 18.7. The van der Waals surface area contributed by atoms with E-state index in [1.54, 1.807) is 7.11 Å². The molecule has 2 atom stereocenters. The quantitative estimate of drug-likeness (QED) is 0.622. The van der Waals surface area contributed by atoms with Gasteiger partial charge in [-0.2, -0.15) is 0 Å². The molecule has 1 saturated carbocycles. The zero-order valence-electron chi connectivity index (χ0n) is 18.0. The summed E-state index contributed by atoms with van der Waals surface area (Å²) in [5, 5.41) is 14.3. The number of ether oxygens (including phenoxy) is 1. The third-order valence-corrected chi connectivity index (χ3v) is 8.29. The Balaban J connectivity index is 1.50. The molecule has 2 aliphatic carbocycles. The fourth-order valence-electron chi connectivity index (χ4n) is 6.18. The number of aromatic amines is 1. The lowest BCUT2D eigenvalue weighted by molar-refractivity contribution is -0.103. The number of likely N-dealkylation sites (tertiary alicyclic amines) is 1. The van der Waals surface area contributed by atoms with E-state index < -0.39 is 5.60 Å². The number of halogens is 1. The number of aliphatic hydroxyl groups is 1. The predicted molar refractivity (Wildman–Crippen MR) is 124 cm³/mol. The summed E-state index contributed by atoms with van der Waals surface area (Å²) >= 11 is 6.62. The van der Waals surface area contributed by atoms with Crippen molar-refractivity contribution in [3.05, 3.63) is 64.3 Å². The molecule has 0 unspecified atom stereocenters. The Hall–Kier alpha value is -2.01. The number of H-pyrrole nitrogens is 1. The highest BCUT2D eigenvalue weighted by Crippen LogP contribution is 2.52. The molecule has 0 amide bonds. The van der Waals surface area contributed by atoms with Crippen molar-refractivity contribution >= 4 is 22.5 Å². The third-order valence-electron chi connectivity index (χ3n) is 7.98. The van der Waals surface area contributed by atoms with Crippen molar-refractivity contribution in [1.29, 1.82) is 0 Å². The first-order valence-corrected chi connectivity index (χ1v) is 11.8. The summed E-state index contributed by atoms with van der Waals surface area (Å²) in [4.78, 5) is 6.14. The second-order valence-electron chi connectivity index (χ2n) is 9.87. The highest BCUT2D eigenvalue weighted by Gasteiger charge is 2.58. The van der Waals surface area contributed by atoms with Crippen molar-refractivity contribution in [2.24, 2.45) is 5.92 Å². The van der Waals surface area contributed by atoms with Gasteiger partial charge < -0.3 is 19.7 Å². The summed E-state index contributed by atoms with van der Waals surface area (Å²) in [6, 6.07) is 14.4. The number of piperidine rings is 1. The summed E-state index contributed by atoms with van der Waals surface area (Å²) < 4.78 is 5.55. The minimum atomic E-state index is -0.853. The average molecular weight is 437 g/mol. The van der Waals surface area contributed by atoms with E-state index in [-0.39, 0.29) is 5.41 Å². The number of nitrogens with zero attached hydrogens (tertiary/aromatic N) is 1. The fraction of sp³-hybridized carbons (Fsp3) is 0.462. The molecule has 162 valence electrons. The van der Waals surface area contributed by atoms with Gasteiger partial charge in [-0.05, 0) is 67.1 Å². The number of methoxy groups -OCH3 is 1. The van der Waals surface area contributed by atoms with E-state index in [0.29, 0.717) is 13.0 Å². The molecule has 3 aliphatic rings. The number of β-amino-alcohol motifs (C(OH)–C–C–N with tert-alkyl or cyclic N) is 1. The smallest absolute Gasteiger partial charge is 0.119 e. The van der Waals surface area contributed by atoms with Crippen LogP contribution in [0.5, 0.6) is 5.75 Å². The molecular weight excluding hydrogens is 408 g/mol. The molecule has 4 nitrogen and oxygen atoms in total. The molecule has 2 aromatic carbocycles. The highest BCUT2D eigenvalue weighted by atomic mass is 35.5. The van der Waals surface area contributed by atoms with Gasteiger partial charge in [0.15, 0.2) is 0 Å². The Bertz CT molecular complexity index is 1150. The summed E-state index contributed by atoms with van der Waals surface area (Å²) in [5.41, 5.74) is 3.45. The molecule has 2 fully saturated rings. The van der Waals surface area contributed by atoms with Crippen LogP contribution >= 0.6 is 11.6 Å². The molecule has 31 heavy (non-hydrogen) atoms. The number of aromatic nitrogens is 1. The first kappa shape index (κ1) is 19.7. The lowest BCUT2D eigenvalue weighted by Crippen LogP contribution is -2.66. The van der Waals surface area contributed by atoms with Crippen LogP contribution in [0.3, 0.4) is 0 Å². The minimum Gasteiger partial charge on any atom is -0.497 e. The topological polar surface area (TPSA) is 48.5 Å². The van der Waals surface area contributed by atoms with Crippen molar-refractivity contribution in [3.63, 3.8) is 0 Å². The van der Waals surface area contributed by atoms with Gasteiger partial charge in [0.2, 0.25) is 0 Å². The fourth-order valence-corrected chi connectivity index (χ4v) is 6.47. The Morgan fingerprint density at radius 3 is 2.84 bits per heavy atom. The summed E-state index contributed by atoms with van der Waals surface area (Å²) in [6.07, 6.45) is 5.00. The van der Waals surface area contributed by atoms with E-state index in [4.69, 9.17) is 16.3 Å². The van der Waals surface area contributed by atoms with Crippen molar-refractivity contribution in [1.82, 2.24) is 9.88 Å². The van der Waals surface area contributed by atoms with Gasteiger partial charge in [0.25, 0.3) is 0 Å². The predicted octanol–water partition coefficient (Wildman–Crippen LogP) is 4.71. The molecule has 2 heterocycles. The average Bonchev–Trinajstić information content (AvgIpc) is 3.51. The number of hydrogen-bond donors (Lipinski definition) is 2. The van der Waals surface area contributed by atoms with Crippen LogP contribution in [-0.2, 0) is 18.3 Å². The van der Waals surface area contributed by atoms with Gasteiger partial charge in [-0.1, -0.05) is 29.8 Å². The lowest BCUT2D eigenvalue weighted by Gasteiger charge is -2.56. The maximum Gasteiger partial charge on any atom is 0.119 e. The Morgan fingerprint density at radius 2 is 2.03 bits per heavy atom. The van der Waals surface area contributed by atoms with Crippen LogP contribution in [-0.4, -0.2) is 47.3 Å². The number of hydrogen-bond acceptors (Lipinski definition) is 3. The van der Waals surface area contributed by atoms with Crippen LogP contribution in [0.4, 0.5) is 0 Å². The normalized spacial score (nSPS) is 28.4. The van der Waals surface area contributed by atoms with E-state index in [1.165, 1.54) is 29.7 Å². The number of fused-ring (bicyclic) bond motifs is 4.